The third-order valence-corrected chi connectivity index (χ3v) is 3.84. The van der Waals surface area contributed by atoms with E-state index in [1.807, 2.05) is 11.8 Å². The summed E-state index contributed by atoms with van der Waals surface area (Å²) in [6.07, 6.45) is 2.23. The zero-order valence-electron chi connectivity index (χ0n) is 7.76. The van der Waals surface area contributed by atoms with Gasteiger partial charge in [-0.1, -0.05) is 11.6 Å². The molecule has 1 atom stereocenters. The Morgan fingerprint density at radius 1 is 1.50 bits per heavy atom. The number of thioether (sulfide) groups is 1. The fraction of sp³-hybridized carbons (Fsp3) is 0.556. The van der Waals surface area contributed by atoms with Crippen LogP contribution in [0.4, 0.5) is 4.39 Å². The highest BCUT2D eigenvalue weighted by molar-refractivity contribution is 7.99. The average Bonchev–Trinajstić information content (AvgIpc) is 2.66. The zero-order valence-corrected chi connectivity index (χ0v) is 9.33. The molecule has 0 aliphatic carbocycles. The van der Waals surface area contributed by atoms with Gasteiger partial charge in [0.05, 0.1) is 10.9 Å². The van der Waals surface area contributed by atoms with Crippen molar-refractivity contribution >= 4 is 23.4 Å². The van der Waals surface area contributed by atoms with Gasteiger partial charge in [0.25, 0.3) is 0 Å². The van der Waals surface area contributed by atoms with Crippen molar-refractivity contribution in [3.05, 3.63) is 22.5 Å². The first-order valence-corrected chi connectivity index (χ1v) is 5.92. The molecule has 1 fully saturated rings. The van der Waals surface area contributed by atoms with Crippen LogP contribution in [0.3, 0.4) is 0 Å². The Labute approximate surface area is 91.3 Å². The lowest BCUT2D eigenvalue weighted by Gasteiger charge is -2.08. The Kier molecular flexibility index (Phi) is 2.93. The molecule has 1 aliphatic rings. The van der Waals surface area contributed by atoms with Crippen LogP contribution in [0.25, 0.3) is 0 Å². The first-order chi connectivity index (χ1) is 6.68. The predicted molar refractivity (Wildman–Crippen MR) is 56.2 cm³/mol. The van der Waals surface area contributed by atoms with Crippen molar-refractivity contribution in [2.24, 2.45) is 0 Å². The van der Waals surface area contributed by atoms with Crippen molar-refractivity contribution in [3.8, 4) is 0 Å². The molecule has 1 aromatic heterocycles. The lowest BCUT2D eigenvalue weighted by atomic mass is 10.2. The average molecular weight is 233 g/mol. The molecule has 1 aromatic rings. The minimum atomic E-state index is -0.501. The second-order valence-electron chi connectivity index (χ2n) is 3.27. The maximum absolute atomic E-state index is 13.1. The first kappa shape index (κ1) is 10.2. The van der Waals surface area contributed by atoms with Gasteiger partial charge in [0, 0.05) is 0 Å². The van der Waals surface area contributed by atoms with E-state index in [-0.39, 0.29) is 5.15 Å². The Morgan fingerprint density at radius 3 is 2.86 bits per heavy atom. The predicted octanol–water partition coefficient (Wildman–Crippen LogP) is 3.15. The molecule has 0 saturated carbocycles. The summed E-state index contributed by atoms with van der Waals surface area (Å²) in [4.78, 5) is 8.10. The van der Waals surface area contributed by atoms with Crippen LogP contribution in [-0.4, -0.2) is 15.7 Å². The van der Waals surface area contributed by atoms with E-state index in [0.717, 1.165) is 12.2 Å². The Bertz CT molecular complexity index is 330. The molecule has 0 spiro atoms. The van der Waals surface area contributed by atoms with Gasteiger partial charge in [-0.25, -0.2) is 14.4 Å². The van der Waals surface area contributed by atoms with Crippen molar-refractivity contribution in [3.63, 3.8) is 0 Å². The molecule has 1 aliphatic heterocycles. The number of hydrogen-bond donors (Lipinski definition) is 0. The zero-order chi connectivity index (χ0) is 10.1. The van der Waals surface area contributed by atoms with Gasteiger partial charge in [-0.3, -0.25) is 0 Å². The largest absolute Gasteiger partial charge is 0.234 e. The Balaban J connectivity index is 2.34. The lowest BCUT2D eigenvalue weighted by Crippen LogP contribution is -2.03. The fourth-order valence-corrected chi connectivity index (χ4v) is 2.90. The maximum Gasteiger partial charge on any atom is 0.181 e. The van der Waals surface area contributed by atoms with Crippen LogP contribution < -0.4 is 0 Å². The highest BCUT2D eigenvalue weighted by Crippen LogP contribution is 2.38. The van der Waals surface area contributed by atoms with E-state index in [9.17, 15) is 4.39 Å². The van der Waals surface area contributed by atoms with Gasteiger partial charge in [-0.2, -0.15) is 11.8 Å². The smallest absolute Gasteiger partial charge is 0.181 e. The van der Waals surface area contributed by atoms with Crippen LogP contribution in [0.1, 0.15) is 29.6 Å². The maximum atomic E-state index is 13.1. The van der Waals surface area contributed by atoms with Crippen LogP contribution >= 0.6 is 23.4 Å². The molecule has 2 rings (SSSR count). The minimum absolute atomic E-state index is 0.0556. The number of hydrogen-bond acceptors (Lipinski definition) is 3. The topological polar surface area (TPSA) is 25.8 Å². The number of nitrogens with zero attached hydrogens (tertiary/aromatic N) is 2. The summed E-state index contributed by atoms with van der Waals surface area (Å²) in [5, 5.41) is 0.242. The molecule has 0 bridgehead atoms. The van der Waals surface area contributed by atoms with E-state index in [4.69, 9.17) is 11.6 Å². The highest BCUT2D eigenvalue weighted by Gasteiger charge is 2.22. The molecule has 0 aromatic carbocycles. The van der Waals surface area contributed by atoms with Gasteiger partial charge in [0.1, 0.15) is 5.82 Å². The van der Waals surface area contributed by atoms with Gasteiger partial charge >= 0.3 is 0 Å². The minimum Gasteiger partial charge on any atom is -0.234 e. The second-order valence-corrected chi connectivity index (χ2v) is 4.94. The SMILES string of the molecule is Cc1nc(C2CCCS2)nc(Cl)c1F. The number of aryl methyl sites for hydroxylation is 1. The van der Waals surface area contributed by atoms with Crippen molar-refractivity contribution in [1.29, 1.82) is 0 Å². The van der Waals surface area contributed by atoms with E-state index in [2.05, 4.69) is 9.97 Å². The number of aromatic nitrogens is 2. The molecule has 1 unspecified atom stereocenters. The van der Waals surface area contributed by atoms with Gasteiger partial charge in [0.15, 0.2) is 11.0 Å². The molecule has 2 heterocycles. The summed E-state index contributed by atoms with van der Waals surface area (Å²) in [6.45, 7) is 1.62. The molecular formula is C9H10ClFN2S. The summed E-state index contributed by atoms with van der Waals surface area (Å²) in [6, 6.07) is 0. The quantitative estimate of drug-likeness (QED) is 0.696. The Hall–Kier alpha value is -0.350. The summed E-state index contributed by atoms with van der Waals surface area (Å²) in [5.41, 5.74) is 0.340. The normalized spacial score (nSPS) is 21.5. The molecule has 76 valence electrons. The van der Waals surface area contributed by atoms with E-state index >= 15 is 0 Å². The number of halogens is 2. The van der Waals surface area contributed by atoms with Crippen LogP contribution in [-0.2, 0) is 0 Å². The molecule has 1 saturated heterocycles. The summed E-state index contributed by atoms with van der Waals surface area (Å²) < 4.78 is 13.1. The summed E-state index contributed by atoms with van der Waals surface area (Å²) >= 11 is 7.47. The third kappa shape index (κ3) is 1.86. The fourth-order valence-electron chi connectivity index (χ4n) is 1.47. The van der Waals surface area contributed by atoms with E-state index < -0.39 is 5.82 Å². The number of rotatable bonds is 1. The van der Waals surface area contributed by atoms with Crippen molar-refractivity contribution in [2.75, 3.05) is 5.75 Å². The van der Waals surface area contributed by atoms with Gasteiger partial charge in [0.2, 0.25) is 0 Å². The third-order valence-electron chi connectivity index (χ3n) is 2.21. The lowest BCUT2D eigenvalue weighted by molar-refractivity contribution is 0.594. The van der Waals surface area contributed by atoms with Gasteiger partial charge in [-0.15, -0.1) is 0 Å². The van der Waals surface area contributed by atoms with E-state index in [0.29, 0.717) is 16.8 Å². The molecule has 14 heavy (non-hydrogen) atoms. The van der Waals surface area contributed by atoms with Gasteiger partial charge < -0.3 is 0 Å². The van der Waals surface area contributed by atoms with Crippen LogP contribution in [0.5, 0.6) is 0 Å². The molecular weight excluding hydrogens is 223 g/mol. The van der Waals surface area contributed by atoms with Crippen molar-refractivity contribution in [2.45, 2.75) is 25.0 Å². The van der Waals surface area contributed by atoms with Gasteiger partial charge in [-0.05, 0) is 25.5 Å². The van der Waals surface area contributed by atoms with E-state index in [1.165, 1.54) is 6.42 Å². The van der Waals surface area contributed by atoms with Crippen molar-refractivity contribution in [1.82, 2.24) is 9.97 Å². The van der Waals surface area contributed by atoms with E-state index in [1.54, 1.807) is 6.92 Å². The van der Waals surface area contributed by atoms with Crippen LogP contribution in [0.2, 0.25) is 5.15 Å². The second kappa shape index (κ2) is 4.03. The summed E-state index contributed by atoms with van der Waals surface area (Å²) in [7, 11) is 0. The Morgan fingerprint density at radius 2 is 2.29 bits per heavy atom. The molecule has 0 amide bonds. The monoisotopic (exact) mass is 232 g/mol. The standard InChI is InChI=1S/C9H10ClFN2S/c1-5-7(11)8(10)13-9(12-5)6-3-2-4-14-6/h6H,2-4H2,1H3. The highest BCUT2D eigenvalue weighted by atomic mass is 35.5. The first-order valence-electron chi connectivity index (χ1n) is 4.49. The van der Waals surface area contributed by atoms with Crippen LogP contribution in [0.15, 0.2) is 0 Å². The molecule has 5 heteroatoms. The summed E-state index contributed by atoms with van der Waals surface area (Å²) in [5.74, 6) is 1.30. The van der Waals surface area contributed by atoms with Crippen LogP contribution in [0, 0.1) is 12.7 Å². The molecule has 0 N–H and O–H groups in total. The molecule has 0 radical (unpaired) electrons. The van der Waals surface area contributed by atoms with Crippen molar-refractivity contribution < 1.29 is 4.39 Å². The molecule has 2 nitrogen and oxygen atoms in total.